The molecule has 0 bridgehead atoms. The molecule has 1 atom stereocenters. The third kappa shape index (κ3) is 2.32. The largest absolute Gasteiger partial charge is 0.324 e. The summed E-state index contributed by atoms with van der Waals surface area (Å²) in [6, 6.07) is 6.32. The average Bonchev–Trinajstić information content (AvgIpc) is 2.08. The molecule has 0 radical (unpaired) electrons. The lowest BCUT2D eigenvalue weighted by molar-refractivity contribution is 0.512. The number of rotatable bonds is 2. The highest BCUT2D eigenvalue weighted by molar-refractivity contribution is 9.10. The van der Waals surface area contributed by atoms with Crippen molar-refractivity contribution in [3.8, 4) is 0 Å². The molecule has 1 rings (SSSR count). The van der Waals surface area contributed by atoms with E-state index in [9.17, 15) is 0 Å². The summed E-state index contributed by atoms with van der Waals surface area (Å²) in [4.78, 5) is 0. The maximum absolute atomic E-state index is 6.09. The van der Waals surface area contributed by atoms with Gasteiger partial charge in [0.1, 0.15) is 0 Å². The molecule has 0 aliphatic carbocycles. The number of nitrogens with two attached hydrogens (primary N) is 1. The van der Waals surface area contributed by atoms with Crippen molar-refractivity contribution in [3.63, 3.8) is 0 Å². The van der Waals surface area contributed by atoms with Gasteiger partial charge >= 0.3 is 0 Å². The van der Waals surface area contributed by atoms with E-state index in [1.807, 2.05) is 12.1 Å². The van der Waals surface area contributed by atoms with Crippen molar-refractivity contribution in [2.45, 2.75) is 26.8 Å². The van der Waals surface area contributed by atoms with E-state index >= 15 is 0 Å². The van der Waals surface area contributed by atoms with Crippen molar-refractivity contribution >= 4 is 15.9 Å². The fraction of sp³-hybridized carbons (Fsp3) is 0.455. The quantitative estimate of drug-likeness (QED) is 0.844. The van der Waals surface area contributed by atoms with Crippen molar-refractivity contribution in [1.29, 1.82) is 0 Å². The van der Waals surface area contributed by atoms with Gasteiger partial charge in [-0.05, 0) is 30.0 Å². The average molecular weight is 242 g/mol. The fourth-order valence-electron chi connectivity index (χ4n) is 1.34. The van der Waals surface area contributed by atoms with Gasteiger partial charge in [-0.2, -0.15) is 0 Å². The number of hydrogen-bond donors (Lipinski definition) is 1. The van der Waals surface area contributed by atoms with Crippen LogP contribution in [0.4, 0.5) is 0 Å². The van der Waals surface area contributed by atoms with E-state index < -0.39 is 0 Å². The number of halogens is 1. The molecule has 13 heavy (non-hydrogen) atoms. The Labute approximate surface area is 88.5 Å². The third-order valence-electron chi connectivity index (χ3n) is 2.39. The Balaban J connectivity index is 3.07. The second-order valence-corrected chi connectivity index (χ2v) is 4.58. The van der Waals surface area contributed by atoms with Crippen molar-refractivity contribution in [3.05, 3.63) is 33.8 Å². The SMILES string of the molecule is Cc1c(Br)cccc1C(N)C(C)C. The van der Waals surface area contributed by atoms with Crippen LogP contribution in [0.3, 0.4) is 0 Å². The Morgan fingerprint density at radius 3 is 2.46 bits per heavy atom. The zero-order valence-corrected chi connectivity index (χ0v) is 9.93. The zero-order chi connectivity index (χ0) is 10.0. The molecule has 0 heterocycles. The van der Waals surface area contributed by atoms with Gasteiger partial charge in [-0.25, -0.2) is 0 Å². The van der Waals surface area contributed by atoms with Crippen molar-refractivity contribution in [1.82, 2.24) is 0 Å². The second kappa shape index (κ2) is 4.25. The Morgan fingerprint density at radius 2 is 1.92 bits per heavy atom. The van der Waals surface area contributed by atoms with E-state index in [1.165, 1.54) is 11.1 Å². The van der Waals surface area contributed by atoms with Crippen LogP contribution in [0.15, 0.2) is 22.7 Å². The first-order valence-electron chi connectivity index (χ1n) is 4.54. The molecule has 0 saturated carbocycles. The zero-order valence-electron chi connectivity index (χ0n) is 8.34. The van der Waals surface area contributed by atoms with Gasteiger partial charge < -0.3 is 5.73 Å². The molecule has 0 fully saturated rings. The summed E-state index contributed by atoms with van der Waals surface area (Å²) in [6.07, 6.45) is 0. The second-order valence-electron chi connectivity index (χ2n) is 3.72. The number of hydrogen-bond acceptors (Lipinski definition) is 1. The maximum Gasteiger partial charge on any atom is 0.0321 e. The molecular weight excluding hydrogens is 226 g/mol. The standard InChI is InChI=1S/C11H16BrN/c1-7(2)11(13)9-5-4-6-10(12)8(9)3/h4-7,11H,13H2,1-3H3. The normalized spacial score (nSPS) is 13.4. The van der Waals surface area contributed by atoms with E-state index in [1.54, 1.807) is 0 Å². The van der Waals surface area contributed by atoms with E-state index in [0.29, 0.717) is 5.92 Å². The minimum absolute atomic E-state index is 0.137. The van der Waals surface area contributed by atoms with Crippen molar-refractivity contribution < 1.29 is 0 Å². The first-order chi connectivity index (χ1) is 6.04. The molecule has 72 valence electrons. The fourth-order valence-corrected chi connectivity index (χ4v) is 1.73. The van der Waals surface area contributed by atoms with Crippen LogP contribution in [-0.2, 0) is 0 Å². The van der Waals surface area contributed by atoms with Crippen LogP contribution in [0, 0.1) is 12.8 Å². The van der Waals surface area contributed by atoms with E-state index in [4.69, 9.17) is 5.73 Å². The summed E-state index contributed by atoms with van der Waals surface area (Å²) in [7, 11) is 0. The summed E-state index contributed by atoms with van der Waals surface area (Å²) in [5.41, 5.74) is 8.58. The van der Waals surface area contributed by atoms with Gasteiger partial charge in [0.25, 0.3) is 0 Å². The van der Waals surface area contributed by atoms with Gasteiger partial charge in [-0.15, -0.1) is 0 Å². The first kappa shape index (κ1) is 10.7. The van der Waals surface area contributed by atoms with Gasteiger partial charge in [-0.3, -0.25) is 0 Å². The summed E-state index contributed by atoms with van der Waals surface area (Å²) < 4.78 is 1.14. The first-order valence-corrected chi connectivity index (χ1v) is 5.34. The van der Waals surface area contributed by atoms with E-state index in [2.05, 4.69) is 42.8 Å². The van der Waals surface area contributed by atoms with E-state index in [0.717, 1.165) is 4.47 Å². The molecule has 1 nitrogen and oxygen atoms in total. The van der Waals surface area contributed by atoms with Gasteiger partial charge in [0, 0.05) is 10.5 Å². The van der Waals surface area contributed by atoms with Gasteiger partial charge in [0.15, 0.2) is 0 Å². The third-order valence-corrected chi connectivity index (χ3v) is 3.25. The summed E-state index contributed by atoms with van der Waals surface area (Å²) in [5, 5.41) is 0. The molecule has 1 aromatic carbocycles. The lowest BCUT2D eigenvalue weighted by Crippen LogP contribution is -2.17. The molecule has 0 saturated heterocycles. The summed E-state index contributed by atoms with van der Waals surface area (Å²) in [6.45, 7) is 6.39. The van der Waals surface area contributed by atoms with Crippen LogP contribution < -0.4 is 5.73 Å². The van der Waals surface area contributed by atoms with Gasteiger partial charge in [0.05, 0.1) is 0 Å². The predicted molar refractivity (Wildman–Crippen MR) is 60.6 cm³/mol. The molecule has 2 N–H and O–H groups in total. The van der Waals surface area contributed by atoms with Crippen LogP contribution in [0.2, 0.25) is 0 Å². The van der Waals surface area contributed by atoms with Gasteiger partial charge in [-0.1, -0.05) is 41.9 Å². The van der Waals surface area contributed by atoms with Gasteiger partial charge in [0.2, 0.25) is 0 Å². The molecule has 2 heteroatoms. The maximum atomic E-state index is 6.09. The Kier molecular flexibility index (Phi) is 3.51. The minimum Gasteiger partial charge on any atom is -0.324 e. The van der Waals surface area contributed by atoms with E-state index in [-0.39, 0.29) is 6.04 Å². The number of benzene rings is 1. The molecule has 0 aliphatic heterocycles. The van der Waals surface area contributed by atoms with Crippen LogP contribution in [-0.4, -0.2) is 0 Å². The minimum atomic E-state index is 0.137. The predicted octanol–water partition coefficient (Wildman–Crippen LogP) is 3.41. The monoisotopic (exact) mass is 241 g/mol. The molecule has 0 aliphatic rings. The van der Waals surface area contributed by atoms with Crippen molar-refractivity contribution in [2.24, 2.45) is 11.7 Å². The highest BCUT2D eigenvalue weighted by atomic mass is 79.9. The van der Waals surface area contributed by atoms with Crippen molar-refractivity contribution in [2.75, 3.05) is 0 Å². The topological polar surface area (TPSA) is 26.0 Å². The molecular formula is C11H16BrN. The molecule has 1 unspecified atom stereocenters. The summed E-state index contributed by atoms with van der Waals surface area (Å²) >= 11 is 3.51. The lowest BCUT2D eigenvalue weighted by Gasteiger charge is -2.18. The molecule has 0 amide bonds. The highest BCUT2D eigenvalue weighted by Gasteiger charge is 2.13. The smallest absolute Gasteiger partial charge is 0.0321 e. The Morgan fingerprint density at radius 1 is 1.31 bits per heavy atom. The highest BCUT2D eigenvalue weighted by Crippen LogP contribution is 2.26. The van der Waals surface area contributed by atoms with Crippen LogP contribution in [0.5, 0.6) is 0 Å². The molecule has 1 aromatic rings. The summed E-state index contributed by atoms with van der Waals surface area (Å²) in [5.74, 6) is 0.480. The van der Waals surface area contributed by atoms with Crippen LogP contribution >= 0.6 is 15.9 Å². The van der Waals surface area contributed by atoms with Crippen LogP contribution in [0.1, 0.15) is 31.0 Å². The Hall–Kier alpha value is -0.340. The molecule has 0 spiro atoms. The lowest BCUT2D eigenvalue weighted by atomic mass is 9.94. The van der Waals surface area contributed by atoms with Crippen LogP contribution in [0.25, 0.3) is 0 Å². The molecule has 0 aromatic heterocycles. The Bertz CT molecular complexity index is 294.